The van der Waals surface area contributed by atoms with Crippen LogP contribution in [0.4, 0.5) is 0 Å². The molecule has 3 aliphatic rings. The zero-order valence-corrected chi connectivity index (χ0v) is 8.50. The van der Waals surface area contributed by atoms with Gasteiger partial charge in [-0.15, -0.1) is 0 Å². The van der Waals surface area contributed by atoms with E-state index in [4.69, 9.17) is 0 Å². The summed E-state index contributed by atoms with van der Waals surface area (Å²) in [7, 11) is 0. The number of fused-ring (bicyclic) bond motifs is 5. The topological polar surface area (TPSA) is 20.2 Å². The highest BCUT2D eigenvalue weighted by Crippen LogP contribution is 2.60. The smallest absolute Gasteiger partial charge is 0.0653 e. The average molecular weight is 180 g/mol. The summed E-state index contributed by atoms with van der Waals surface area (Å²) in [5.41, 5.74) is -0.317. The third-order valence-electron chi connectivity index (χ3n) is 5.03. The van der Waals surface area contributed by atoms with Gasteiger partial charge in [0, 0.05) is 0 Å². The average Bonchev–Trinajstić information content (AvgIpc) is 2.62. The lowest BCUT2D eigenvalue weighted by Crippen LogP contribution is -2.45. The fourth-order valence-corrected chi connectivity index (χ4v) is 4.66. The summed E-state index contributed by atoms with van der Waals surface area (Å²) in [5, 5.41) is 10.4. The Labute approximate surface area is 80.5 Å². The van der Waals surface area contributed by atoms with Gasteiger partial charge in [0.2, 0.25) is 0 Å². The third-order valence-corrected chi connectivity index (χ3v) is 5.03. The Morgan fingerprint density at radius 2 is 1.92 bits per heavy atom. The van der Waals surface area contributed by atoms with Gasteiger partial charge in [-0.1, -0.05) is 6.42 Å². The molecule has 0 aromatic heterocycles. The molecule has 0 heterocycles. The van der Waals surface area contributed by atoms with Crippen molar-refractivity contribution >= 4 is 0 Å². The minimum atomic E-state index is -0.317. The molecule has 3 aliphatic carbocycles. The van der Waals surface area contributed by atoms with Crippen LogP contribution >= 0.6 is 0 Å². The van der Waals surface area contributed by atoms with Crippen LogP contribution in [0.2, 0.25) is 0 Å². The van der Waals surface area contributed by atoms with E-state index in [1.165, 1.54) is 32.1 Å². The lowest BCUT2D eigenvalue weighted by molar-refractivity contribution is -0.0795. The molecule has 3 fully saturated rings. The molecule has 0 amide bonds. The van der Waals surface area contributed by atoms with E-state index in [2.05, 4.69) is 6.92 Å². The van der Waals surface area contributed by atoms with Gasteiger partial charge in [-0.2, -0.15) is 0 Å². The Morgan fingerprint density at radius 3 is 2.69 bits per heavy atom. The van der Waals surface area contributed by atoms with E-state index in [0.29, 0.717) is 5.92 Å². The first-order chi connectivity index (χ1) is 6.18. The normalized spacial score (nSPS) is 59.5. The van der Waals surface area contributed by atoms with Crippen molar-refractivity contribution in [2.45, 2.75) is 51.0 Å². The van der Waals surface area contributed by atoms with E-state index in [-0.39, 0.29) is 5.60 Å². The molecule has 74 valence electrons. The first-order valence-electron chi connectivity index (χ1n) is 5.91. The molecule has 2 bridgehead atoms. The molecule has 3 saturated carbocycles. The van der Waals surface area contributed by atoms with Gasteiger partial charge in [0.1, 0.15) is 0 Å². The lowest BCUT2D eigenvalue weighted by atomic mass is 9.64. The second-order valence-corrected chi connectivity index (χ2v) is 5.77. The van der Waals surface area contributed by atoms with E-state index in [9.17, 15) is 5.11 Å². The maximum absolute atomic E-state index is 10.4. The first-order valence-corrected chi connectivity index (χ1v) is 5.91. The zero-order chi connectivity index (χ0) is 9.05. The zero-order valence-electron chi connectivity index (χ0n) is 8.50. The second-order valence-electron chi connectivity index (χ2n) is 5.77. The Morgan fingerprint density at radius 1 is 1.15 bits per heavy atom. The largest absolute Gasteiger partial charge is 0.390 e. The molecule has 0 aliphatic heterocycles. The maximum Gasteiger partial charge on any atom is 0.0653 e. The summed E-state index contributed by atoms with van der Waals surface area (Å²) in [4.78, 5) is 0. The van der Waals surface area contributed by atoms with E-state index in [1.54, 1.807) is 0 Å². The van der Waals surface area contributed by atoms with Gasteiger partial charge < -0.3 is 5.11 Å². The molecule has 0 radical (unpaired) electrons. The summed E-state index contributed by atoms with van der Waals surface area (Å²) < 4.78 is 0. The predicted molar refractivity (Wildman–Crippen MR) is 52.3 cm³/mol. The quantitative estimate of drug-likeness (QED) is 0.607. The summed E-state index contributed by atoms with van der Waals surface area (Å²) >= 11 is 0. The van der Waals surface area contributed by atoms with Gasteiger partial charge in [0.25, 0.3) is 0 Å². The number of rotatable bonds is 0. The number of aliphatic hydroxyl groups is 1. The van der Waals surface area contributed by atoms with Crippen molar-refractivity contribution < 1.29 is 5.11 Å². The van der Waals surface area contributed by atoms with Crippen molar-refractivity contribution in [3.63, 3.8) is 0 Å². The van der Waals surface area contributed by atoms with Crippen molar-refractivity contribution in [1.29, 1.82) is 0 Å². The van der Waals surface area contributed by atoms with Crippen molar-refractivity contribution in [2.24, 2.45) is 23.7 Å². The van der Waals surface area contributed by atoms with E-state index < -0.39 is 0 Å². The Kier molecular flexibility index (Phi) is 1.59. The standard InChI is InChI=1S/C12H20O/c1-12(13)6-2-3-10-8-4-5-9(7-8)11(10)12/h8-11,13H,2-7H2,1H3. The second kappa shape index (κ2) is 2.50. The minimum absolute atomic E-state index is 0.317. The molecule has 5 atom stereocenters. The van der Waals surface area contributed by atoms with Crippen LogP contribution < -0.4 is 0 Å². The monoisotopic (exact) mass is 180 g/mol. The fourth-order valence-electron chi connectivity index (χ4n) is 4.66. The summed E-state index contributed by atoms with van der Waals surface area (Å²) in [6, 6.07) is 0. The van der Waals surface area contributed by atoms with Crippen LogP contribution in [0.25, 0.3) is 0 Å². The highest BCUT2D eigenvalue weighted by Gasteiger charge is 2.55. The van der Waals surface area contributed by atoms with Gasteiger partial charge in [-0.25, -0.2) is 0 Å². The highest BCUT2D eigenvalue weighted by molar-refractivity contribution is 5.05. The van der Waals surface area contributed by atoms with Gasteiger partial charge >= 0.3 is 0 Å². The van der Waals surface area contributed by atoms with Crippen molar-refractivity contribution in [3.8, 4) is 0 Å². The maximum atomic E-state index is 10.4. The summed E-state index contributed by atoms with van der Waals surface area (Å²) in [6.07, 6.45) is 8.02. The molecule has 1 heteroatoms. The van der Waals surface area contributed by atoms with Crippen LogP contribution in [0.3, 0.4) is 0 Å². The van der Waals surface area contributed by atoms with Gasteiger partial charge in [-0.3, -0.25) is 0 Å². The summed E-state index contributed by atoms with van der Waals surface area (Å²) in [6.45, 7) is 2.09. The van der Waals surface area contributed by atoms with Crippen LogP contribution in [0.5, 0.6) is 0 Å². The molecule has 0 aromatic rings. The Hall–Kier alpha value is -0.0400. The van der Waals surface area contributed by atoms with Crippen LogP contribution in [-0.4, -0.2) is 10.7 Å². The molecule has 0 saturated heterocycles. The predicted octanol–water partition coefficient (Wildman–Crippen LogP) is 2.58. The molecule has 3 rings (SSSR count). The minimum Gasteiger partial charge on any atom is -0.390 e. The van der Waals surface area contributed by atoms with Crippen LogP contribution in [0, 0.1) is 23.7 Å². The van der Waals surface area contributed by atoms with Gasteiger partial charge in [0.15, 0.2) is 0 Å². The highest BCUT2D eigenvalue weighted by atomic mass is 16.3. The van der Waals surface area contributed by atoms with Crippen LogP contribution in [0.15, 0.2) is 0 Å². The van der Waals surface area contributed by atoms with Crippen LogP contribution in [-0.2, 0) is 0 Å². The van der Waals surface area contributed by atoms with E-state index in [0.717, 1.165) is 24.2 Å². The van der Waals surface area contributed by atoms with E-state index >= 15 is 0 Å². The molecular formula is C12H20O. The molecule has 5 unspecified atom stereocenters. The summed E-state index contributed by atoms with van der Waals surface area (Å²) in [5.74, 6) is 3.43. The third kappa shape index (κ3) is 1.03. The molecule has 0 aromatic carbocycles. The molecule has 0 spiro atoms. The first kappa shape index (κ1) is 8.28. The molecular weight excluding hydrogens is 160 g/mol. The SMILES string of the molecule is CC1(O)CCCC2C3CCC(C3)C21. The van der Waals surface area contributed by atoms with Gasteiger partial charge in [0.05, 0.1) is 5.60 Å². The molecule has 1 N–H and O–H groups in total. The number of hydrogen-bond acceptors (Lipinski definition) is 1. The van der Waals surface area contributed by atoms with Crippen LogP contribution in [0.1, 0.15) is 45.4 Å². The van der Waals surface area contributed by atoms with Crippen molar-refractivity contribution in [3.05, 3.63) is 0 Å². The van der Waals surface area contributed by atoms with Crippen molar-refractivity contribution in [1.82, 2.24) is 0 Å². The fraction of sp³-hybridized carbons (Fsp3) is 1.00. The lowest BCUT2D eigenvalue weighted by Gasteiger charge is -2.45. The van der Waals surface area contributed by atoms with Gasteiger partial charge in [-0.05, 0) is 62.7 Å². The Bertz CT molecular complexity index is 221. The van der Waals surface area contributed by atoms with Crippen molar-refractivity contribution in [2.75, 3.05) is 0 Å². The number of hydrogen-bond donors (Lipinski definition) is 1. The molecule has 13 heavy (non-hydrogen) atoms. The molecule has 1 nitrogen and oxygen atoms in total. The Balaban J connectivity index is 1.92. The van der Waals surface area contributed by atoms with E-state index in [1.807, 2.05) is 0 Å².